The van der Waals surface area contributed by atoms with Crippen LogP contribution in [-0.2, 0) is 4.79 Å². The zero-order valence-corrected chi connectivity index (χ0v) is 14.6. The number of hydrogen-bond acceptors (Lipinski definition) is 5. The quantitative estimate of drug-likeness (QED) is 0.361. The summed E-state index contributed by atoms with van der Waals surface area (Å²) >= 11 is 0. The highest BCUT2D eigenvalue weighted by molar-refractivity contribution is 6.40. The van der Waals surface area contributed by atoms with Crippen molar-refractivity contribution in [3.8, 4) is 0 Å². The second-order valence-corrected chi connectivity index (χ2v) is 6.35. The first kappa shape index (κ1) is 20.5. The van der Waals surface area contributed by atoms with Gasteiger partial charge in [0.1, 0.15) is 5.54 Å². The number of nitrogens with two attached hydrogens (primary N) is 1. The Labute approximate surface area is 144 Å². The Morgan fingerprint density at radius 2 is 1.83 bits per heavy atom. The van der Waals surface area contributed by atoms with Crippen molar-refractivity contribution < 1.29 is 19.9 Å². The minimum absolute atomic E-state index is 0.236. The number of aliphatic carboxylic acids is 1. The van der Waals surface area contributed by atoms with Gasteiger partial charge >= 0.3 is 13.1 Å². The Kier molecular flexibility index (Phi) is 8.25. The molecule has 0 aromatic heterocycles. The van der Waals surface area contributed by atoms with Crippen molar-refractivity contribution in [2.75, 3.05) is 18.0 Å². The maximum absolute atomic E-state index is 11.6. The molecular weight excluding hydrogens is 307 g/mol. The van der Waals surface area contributed by atoms with Crippen LogP contribution in [0.4, 0.5) is 5.69 Å². The lowest BCUT2D eigenvalue weighted by Gasteiger charge is -2.30. The van der Waals surface area contributed by atoms with E-state index in [0.29, 0.717) is 32.2 Å². The van der Waals surface area contributed by atoms with Crippen molar-refractivity contribution in [3.63, 3.8) is 0 Å². The standard InChI is InChI=1S/C17H29BN2O4/c1-3-20(15-8-6-14(2)7-9-15)13-11-17(19,16(21)22)10-4-5-12-18(23)24/h6-9,23-24H,3-5,10-13,19H2,1-2H3,(H,21,22). The molecule has 0 saturated carbocycles. The normalized spacial score (nSPS) is 13.4. The topological polar surface area (TPSA) is 107 Å². The number of unbranched alkanes of at least 4 members (excludes halogenated alkanes) is 1. The van der Waals surface area contributed by atoms with Crippen LogP contribution in [0.15, 0.2) is 24.3 Å². The zero-order chi connectivity index (χ0) is 18.2. The molecule has 7 heteroatoms. The molecule has 0 fully saturated rings. The maximum Gasteiger partial charge on any atom is 0.451 e. The molecule has 1 atom stereocenters. The van der Waals surface area contributed by atoms with Crippen molar-refractivity contribution in [1.29, 1.82) is 0 Å². The lowest BCUT2D eigenvalue weighted by Crippen LogP contribution is -2.50. The fourth-order valence-electron chi connectivity index (χ4n) is 2.67. The Hall–Kier alpha value is -1.57. The van der Waals surface area contributed by atoms with Crippen LogP contribution in [0.5, 0.6) is 0 Å². The van der Waals surface area contributed by atoms with Gasteiger partial charge in [-0.2, -0.15) is 0 Å². The number of benzene rings is 1. The van der Waals surface area contributed by atoms with E-state index in [9.17, 15) is 9.90 Å². The molecule has 0 aliphatic rings. The number of hydrogen-bond donors (Lipinski definition) is 4. The van der Waals surface area contributed by atoms with Gasteiger partial charge < -0.3 is 25.8 Å². The van der Waals surface area contributed by atoms with Gasteiger partial charge in [-0.1, -0.05) is 30.5 Å². The van der Waals surface area contributed by atoms with E-state index in [1.54, 1.807) is 0 Å². The van der Waals surface area contributed by atoms with Gasteiger partial charge in [-0.05, 0) is 45.1 Å². The Balaban J connectivity index is 2.62. The molecule has 24 heavy (non-hydrogen) atoms. The van der Waals surface area contributed by atoms with E-state index in [2.05, 4.69) is 4.90 Å². The van der Waals surface area contributed by atoms with Crippen molar-refractivity contribution in [2.45, 2.75) is 51.4 Å². The van der Waals surface area contributed by atoms with E-state index in [4.69, 9.17) is 15.8 Å². The van der Waals surface area contributed by atoms with Crippen LogP contribution in [0.3, 0.4) is 0 Å². The van der Waals surface area contributed by atoms with Gasteiger partial charge in [-0.25, -0.2) is 0 Å². The summed E-state index contributed by atoms with van der Waals surface area (Å²) in [6.07, 6.45) is 1.99. The molecule has 0 spiro atoms. The summed E-state index contributed by atoms with van der Waals surface area (Å²) in [4.78, 5) is 13.7. The third kappa shape index (κ3) is 6.51. The highest BCUT2D eigenvalue weighted by Gasteiger charge is 2.33. The Bertz CT molecular complexity index is 510. The van der Waals surface area contributed by atoms with E-state index in [-0.39, 0.29) is 6.32 Å². The largest absolute Gasteiger partial charge is 0.480 e. The minimum atomic E-state index is -1.35. The van der Waals surface area contributed by atoms with Gasteiger partial charge in [-0.15, -0.1) is 0 Å². The number of carbonyl (C=O) groups is 1. The average molecular weight is 336 g/mol. The Morgan fingerprint density at radius 1 is 1.21 bits per heavy atom. The molecular formula is C17H29BN2O4. The van der Waals surface area contributed by atoms with Gasteiger partial charge in [-0.3, -0.25) is 4.79 Å². The number of carboxylic acids is 1. The summed E-state index contributed by atoms with van der Waals surface area (Å²) in [6, 6.07) is 8.12. The lowest BCUT2D eigenvalue weighted by molar-refractivity contribution is -0.143. The number of nitrogens with zero attached hydrogens (tertiary/aromatic N) is 1. The predicted octanol–water partition coefficient (Wildman–Crippen LogP) is 1.64. The van der Waals surface area contributed by atoms with E-state index >= 15 is 0 Å². The molecule has 5 N–H and O–H groups in total. The molecule has 1 unspecified atom stereocenters. The first-order valence-corrected chi connectivity index (χ1v) is 8.48. The van der Waals surface area contributed by atoms with Crippen LogP contribution < -0.4 is 10.6 Å². The van der Waals surface area contributed by atoms with Crippen LogP contribution in [-0.4, -0.2) is 46.9 Å². The smallest absolute Gasteiger partial charge is 0.451 e. The molecule has 134 valence electrons. The third-order valence-corrected chi connectivity index (χ3v) is 4.37. The van der Waals surface area contributed by atoms with Crippen LogP contribution in [0.2, 0.25) is 6.32 Å². The van der Waals surface area contributed by atoms with E-state index in [1.165, 1.54) is 5.56 Å². The molecule has 6 nitrogen and oxygen atoms in total. The van der Waals surface area contributed by atoms with Crippen LogP contribution in [0, 0.1) is 6.92 Å². The molecule has 0 aliphatic carbocycles. The summed E-state index contributed by atoms with van der Waals surface area (Å²) in [5.74, 6) is -1.01. The highest BCUT2D eigenvalue weighted by Crippen LogP contribution is 2.21. The van der Waals surface area contributed by atoms with Gasteiger partial charge in [0, 0.05) is 18.8 Å². The van der Waals surface area contributed by atoms with Crippen molar-refractivity contribution in [2.24, 2.45) is 5.73 Å². The highest BCUT2D eigenvalue weighted by atomic mass is 16.4. The van der Waals surface area contributed by atoms with Crippen molar-refractivity contribution in [3.05, 3.63) is 29.8 Å². The monoisotopic (exact) mass is 336 g/mol. The lowest BCUT2D eigenvalue weighted by atomic mass is 9.81. The summed E-state index contributed by atoms with van der Waals surface area (Å²) < 4.78 is 0. The molecule has 1 rings (SSSR count). The number of rotatable bonds is 11. The first-order valence-electron chi connectivity index (χ1n) is 8.48. The summed E-state index contributed by atoms with van der Waals surface area (Å²) in [5, 5.41) is 27.2. The van der Waals surface area contributed by atoms with Crippen LogP contribution in [0.25, 0.3) is 0 Å². The van der Waals surface area contributed by atoms with Gasteiger partial charge in [0.2, 0.25) is 0 Å². The average Bonchev–Trinajstić information content (AvgIpc) is 2.53. The molecule has 0 heterocycles. The van der Waals surface area contributed by atoms with E-state index < -0.39 is 18.6 Å². The molecule has 1 aromatic rings. The summed E-state index contributed by atoms with van der Waals surface area (Å²) in [7, 11) is -1.35. The molecule has 0 saturated heterocycles. The molecule has 0 amide bonds. The number of aryl methyl sites for hydroxylation is 1. The van der Waals surface area contributed by atoms with Crippen molar-refractivity contribution >= 4 is 18.8 Å². The fraction of sp³-hybridized carbons (Fsp3) is 0.588. The van der Waals surface area contributed by atoms with Crippen LogP contribution >= 0.6 is 0 Å². The minimum Gasteiger partial charge on any atom is -0.480 e. The van der Waals surface area contributed by atoms with E-state index in [0.717, 1.165) is 12.2 Å². The summed E-state index contributed by atoms with van der Waals surface area (Å²) in [6.45, 7) is 5.39. The van der Waals surface area contributed by atoms with E-state index in [1.807, 2.05) is 38.1 Å². The SMILES string of the molecule is CCN(CCC(N)(CCCCB(O)O)C(=O)O)c1ccc(C)cc1. The second kappa shape index (κ2) is 9.66. The van der Waals surface area contributed by atoms with Crippen molar-refractivity contribution in [1.82, 2.24) is 0 Å². The van der Waals surface area contributed by atoms with Gasteiger partial charge in [0.25, 0.3) is 0 Å². The third-order valence-electron chi connectivity index (χ3n) is 4.37. The first-order chi connectivity index (χ1) is 11.3. The number of anilines is 1. The molecule has 0 radical (unpaired) electrons. The number of carboxylic acid groups (broad SMARTS) is 1. The van der Waals surface area contributed by atoms with Gasteiger partial charge in [0.15, 0.2) is 0 Å². The zero-order valence-electron chi connectivity index (χ0n) is 14.6. The molecule has 1 aromatic carbocycles. The fourth-order valence-corrected chi connectivity index (χ4v) is 2.67. The maximum atomic E-state index is 11.6. The van der Waals surface area contributed by atoms with Crippen LogP contribution in [0.1, 0.15) is 38.2 Å². The second-order valence-electron chi connectivity index (χ2n) is 6.35. The molecule has 0 bridgehead atoms. The summed E-state index contributed by atoms with van der Waals surface area (Å²) in [5.41, 5.74) is 7.05. The predicted molar refractivity (Wildman–Crippen MR) is 97.1 cm³/mol. The van der Waals surface area contributed by atoms with Gasteiger partial charge in [0.05, 0.1) is 0 Å². The molecule has 0 aliphatic heterocycles. The Morgan fingerprint density at radius 3 is 2.33 bits per heavy atom.